The predicted molar refractivity (Wildman–Crippen MR) is 70.2 cm³/mol. The van der Waals surface area contributed by atoms with Crippen LogP contribution in [0.4, 0.5) is 5.82 Å². The zero-order chi connectivity index (χ0) is 11.5. The molecule has 0 amide bonds. The highest BCUT2D eigenvalue weighted by Crippen LogP contribution is 2.23. The molecule has 2 heterocycles. The van der Waals surface area contributed by atoms with E-state index in [0.29, 0.717) is 12.1 Å². The van der Waals surface area contributed by atoms with E-state index in [4.69, 9.17) is 0 Å². The normalized spacial score (nSPS) is 26.7. The summed E-state index contributed by atoms with van der Waals surface area (Å²) in [4.78, 5) is 4.40. The molecule has 0 aromatic carbocycles. The van der Waals surface area contributed by atoms with Crippen molar-refractivity contribution in [2.24, 2.45) is 0 Å². The minimum atomic E-state index is 0.574. The molecule has 0 bridgehead atoms. The van der Waals surface area contributed by atoms with Gasteiger partial charge in [-0.1, -0.05) is 12.5 Å². The standard InChI is InChI=1S/C12H18BrN3/c1-9-5-3-6-10(2)16(9)15-12-8-4-7-11(13)14-12/h4,7-10H,3,5-6H2,1-2H3,(H,14,15). The molecular formula is C12H18BrN3. The van der Waals surface area contributed by atoms with Gasteiger partial charge in [0.15, 0.2) is 0 Å². The third kappa shape index (κ3) is 2.74. The van der Waals surface area contributed by atoms with Gasteiger partial charge < -0.3 is 5.43 Å². The highest BCUT2D eigenvalue weighted by atomic mass is 79.9. The molecule has 0 radical (unpaired) electrons. The van der Waals surface area contributed by atoms with E-state index in [1.165, 1.54) is 19.3 Å². The molecule has 1 aromatic rings. The summed E-state index contributed by atoms with van der Waals surface area (Å²) in [5.74, 6) is 0.912. The zero-order valence-electron chi connectivity index (χ0n) is 9.78. The van der Waals surface area contributed by atoms with E-state index in [1.54, 1.807) is 0 Å². The molecule has 16 heavy (non-hydrogen) atoms. The number of hydrogen-bond acceptors (Lipinski definition) is 3. The quantitative estimate of drug-likeness (QED) is 0.843. The van der Waals surface area contributed by atoms with Crippen LogP contribution in [0, 0.1) is 0 Å². The number of hydrazine groups is 1. The summed E-state index contributed by atoms with van der Waals surface area (Å²) in [6, 6.07) is 7.08. The maximum atomic E-state index is 4.40. The van der Waals surface area contributed by atoms with Crippen LogP contribution in [-0.4, -0.2) is 22.1 Å². The fraction of sp³-hybridized carbons (Fsp3) is 0.583. The molecule has 3 nitrogen and oxygen atoms in total. The Labute approximate surface area is 105 Å². The summed E-state index contributed by atoms with van der Waals surface area (Å²) < 4.78 is 0.870. The molecule has 88 valence electrons. The number of aromatic nitrogens is 1. The molecule has 1 saturated heterocycles. The van der Waals surface area contributed by atoms with Crippen LogP contribution in [0.3, 0.4) is 0 Å². The average molecular weight is 284 g/mol. The summed E-state index contributed by atoms with van der Waals surface area (Å²) in [5.41, 5.74) is 3.41. The van der Waals surface area contributed by atoms with Gasteiger partial charge in [-0.2, -0.15) is 0 Å². The second kappa shape index (κ2) is 5.15. The Morgan fingerprint density at radius 2 is 2.00 bits per heavy atom. The fourth-order valence-corrected chi connectivity index (χ4v) is 2.59. The summed E-state index contributed by atoms with van der Waals surface area (Å²) in [6.45, 7) is 4.53. The van der Waals surface area contributed by atoms with Crippen LogP contribution in [0.25, 0.3) is 0 Å². The Hall–Kier alpha value is -0.610. The Kier molecular flexibility index (Phi) is 3.82. The van der Waals surface area contributed by atoms with Gasteiger partial charge in [0, 0.05) is 12.1 Å². The molecule has 1 aromatic heterocycles. The number of rotatable bonds is 2. The lowest BCUT2D eigenvalue weighted by Crippen LogP contribution is -2.47. The molecule has 4 heteroatoms. The van der Waals surface area contributed by atoms with Gasteiger partial charge in [-0.15, -0.1) is 0 Å². The number of nitrogens with one attached hydrogen (secondary N) is 1. The van der Waals surface area contributed by atoms with Crippen LogP contribution >= 0.6 is 15.9 Å². The maximum Gasteiger partial charge on any atom is 0.141 e. The molecule has 2 unspecified atom stereocenters. The van der Waals surface area contributed by atoms with Gasteiger partial charge in [-0.05, 0) is 54.8 Å². The van der Waals surface area contributed by atoms with Crippen molar-refractivity contribution in [2.75, 3.05) is 5.43 Å². The minimum absolute atomic E-state index is 0.574. The molecule has 1 aliphatic heterocycles. The van der Waals surface area contributed by atoms with Crippen LogP contribution in [0.1, 0.15) is 33.1 Å². The van der Waals surface area contributed by atoms with E-state index >= 15 is 0 Å². The van der Waals surface area contributed by atoms with Crippen LogP contribution in [-0.2, 0) is 0 Å². The van der Waals surface area contributed by atoms with E-state index in [2.05, 4.69) is 45.2 Å². The number of pyridine rings is 1. The molecule has 0 aliphatic carbocycles. The first-order chi connectivity index (χ1) is 7.66. The van der Waals surface area contributed by atoms with Crippen LogP contribution < -0.4 is 5.43 Å². The van der Waals surface area contributed by atoms with Gasteiger partial charge in [0.1, 0.15) is 10.4 Å². The van der Waals surface area contributed by atoms with Gasteiger partial charge >= 0.3 is 0 Å². The molecule has 2 atom stereocenters. The Morgan fingerprint density at radius 3 is 2.62 bits per heavy atom. The average Bonchev–Trinajstić information content (AvgIpc) is 2.24. The molecule has 1 N–H and O–H groups in total. The van der Waals surface area contributed by atoms with Gasteiger partial charge in [-0.25, -0.2) is 9.99 Å². The number of piperidine rings is 1. The highest BCUT2D eigenvalue weighted by molar-refractivity contribution is 9.10. The second-order valence-electron chi connectivity index (χ2n) is 4.49. The number of nitrogens with zero attached hydrogens (tertiary/aromatic N) is 2. The summed E-state index contributed by atoms with van der Waals surface area (Å²) in [5, 5.41) is 2.32. The summed E-state index contributed by atoms with van der Waals surface area (Å²) >= 11 is 3.39. The summed E-state index contributed by atoms with van der Waals surface area (Å²) in [6.07, 6.45) is 3.84. The Bertz CT molecular complexity index is 346. The molecular weight excluding hydrogens is 266 g/mol. The number of hydrogen-bond donors (Lipinski definition) is 1. The van der Waals surface area contributed by atoms with Gasteiger partial charge in [0.05, 0.1) is 0 Å². The smallest absolute Gasteiger partial charge is 0.141 e. The van der Waals surface area contributed by atoms with E-state index in [9.17, 15) is 0 Å². The van der Waals surface area contributed by atoms with Crippen molar-refractivity contribution in [1.29, 1.82) is 0 Å². The van der Waals surface area contributed by atoms with E-state index < -0.39 is 0 Å². The zero-order valence-corrected chi connectivity index (χ0v) is 11.4. The van der Waals surface area contributed by atoms with Crippen molar-refractivity contribution in [3.8, 4) is 0 Å². The van der Waals surface area contributed by atoms with Crippen molar-refractivity contribution >= 4 is 21.7 Å². The first-order valence-electron chi connectivity index (χ1n) is 5.84. The number of halogens is 1. The third-order valence-corrected chi connectivity index (χ3v) is 3.59. The van der Waals surface area contributed by atoms with Gasteiger partial charge in [0.25, 0.3) is 0 Å². The molecule has 1 fully saturated rings. The van der Waals surface area contributed by atoms with Crippen LogP contribution in [0.2, 0.25) is 0 Å². The largest absolute Gasteiger partial charge is 0.303 e. The Morgan fingerprint density at radius 1 is 1.31 bits per heavy atom. The Balaban J connectivity index is 2.07. The van der Waals surface area contributed by atoms with Gasteiger partial charge in [-0.3, -0.25) is 0 Å². The lowest BCUT2D eigenvalue weighted by molar-refractivity contribution is 0.135. The van der Waals surface area contributed by atoms with Crippen LogP contribution in [0.5, 0.6) is 0 Å². The third-order valence-electron chi connectivity index (χ3n) is 3.15. The lowest BCUT2D eigenvalue weighted by Gasteiger charge is -2.39. The SMILES string of the molecule is CC1CCCC(C)N1Nc1cccc(Br)n1. The monoisotopic (exact) mass is 283 g/mol. The molecule has 0 saturated carbocycles. The van der Waals surface area contributed by atoms with Crippen molar-refractivity contribution in [2.45, 2.75) is 45.2 Å². The fourth-order valence-electron chi connectivity index (χ4n) is 2.24. The molecule has 2 rings (SSSR count). The maximum absolute atomic E-state index is 4.40. The lowest BCUT2D eigenvalue weighted by atomic mass is 10.00. The predicted octanol–water partition coefficient (Wildman–Crippen LogP) is 3.43. The first kappa shape index (κ1) is 11.9. The molecule has 0 spiro atoms. The number of anilines is 1. The van der Waals surface area contributed by atoms with Crippen molar-refractivity contribution in [3.63, 3.8) is 0 Å². The van der Waals surface area contributed by atoms with Crippen molar-refractivity contribution in [3.05, 3.63) is 22.8 Å². The first-order valence-corrected chi connectivity index (χ1v) is 6.63. The summed E-state index contributed by atoms with van der Waals surface area (Å²) in [7, 11) is 0. The second-order valence-corrected chi connectivity index (χ2v) is 5.31. The van der Waals surface area contributed by atoms with Crippen molar-refractivity contribution in [1.82, 2.24) is 9.99 Å². The van der Waals surface area contributed by atoms with E-state index in [-0.39, 0.29) is 0 Å². The highest BCUT2D eigenvalue weighted by Gasteiger charge is 2.24. The molecule has 1 aliphatic rings. The van der Waals surface area contributed by atoms with E-state index in [1.807, 2.05) is 18.2 Å². The topological polar surface area (TPSA) is 28.2 Å². The minimum Gasteiger partial charge on any atom is -0.303 e. The van der Waals surface area contributed by atoms with Crippen LogP contribution in [0.15, 0.2) is 22.8 Å². The van der Waals surface area contributed by atoms with Crippen molar-refractivity contribution < 1.29 is 0 Å². The van der Waals surface area contributed by atoms with Gasteiger partial charge in [0.2, 0.25) is 0 Å². The van der Waals surface area contributed by atoms with E-state index in [0.717, 1.165) is 10.4 Å².